The van der Waals surface area contributed by atoms with E-state index in [1.54, 1.807) is 0 Å². The molecule has 0 saturated carbocycles. The van der Waals surface area contributed by atoms with Crippen LogP contribution in [0.15, 0.2) is 41.5 Å². The number of nitrogens with one attached hydrogen (secondary N) is 1. The van der Waals surface area contributed by atoms with Gasteiger partial charge in [-0.1, -0.05) is 18.2 Å². The summed E-state index contributed by atoms with van der Waals surface area (Å²) in [5, 5.41) is 4.58. The molecule has 0 aliphatic carbocycles. The van der Waals surface area contributed by atoms with Gasteiger partial charge in [-0.05, 0) is 17.5 Å². The highest BCUT2D eigenvalue weighted by atomic mass is 35.5. The van der Waals surface area contributed by atoms with E-state index in [4.69, 9.17) is 0 Å². The molecule has 3 rings (SSSR count). The first kappa shape index (κ1) is 11.0. The van der Waals surface area contributed by atoms with E-state index in [-0.39, 0.29) is 12.4 Å². The molecule has 16 heavy (non-hydrogen) atoms. The van der Waals surface area contributed by atoms with Crippen molar-refractivity contribution < 1.29 is 0 Å². The van der Waals surface area contributed by atoms with Crippen LogP contribution in [-0.2, 0) is 6.54 Å². The zero-order valence-corrected chi connectivity index (χ0v) is 9.70. The average molecular weight is 236 g/mol. The van der Waals surface area contributed by atoms with Crippen molar-refractivity contribution in [3.8, 4) is 0 Å². The third-order valence-electron chi connectivity index (χ3n) is 2.74. The lowest BCUT2D eigenvalue weighted by molar-refractivity contribution is 0.863. The molecule has 3 nitrogen and oxygen atoms in total. The molecule has 0 fully saturated rings. The Morgan fingerprint density at radius 2 is 2.12 bits per heavy atom. The minimum atomic E-state index is 0. The Labute approximate surface area is 101 Å². The molecule has 0 radical (unpaired) electrons. The number of aromatic nitrogens is 1. The Hall–Kier alpha value is -1.48. The summed E-state index contributed by atoms with van der Waals surface area (Å²) >= 11 is 0. The Kier molecular flexibility index (Phi) is 3.15. The van der Waals surface area contributed by atoms with E-state index in [1.807, 2.05) is 0 Å². The molecule has 0 spiro atoms. The molecule has 0 atom stereocenters. The molecule has 84 valence electrons. The van der Waals surface area contributed by atoms with Gasteiger partial charge >= 0.3 is 0 Å². The molecule has 1 aromatic carbocycles. The lowest BCUT2D eigenvalue weighted by Crippen LogP contribution is -2.23. The van der Waals surface area contributed by atoms with Gasteiger partial charge in [0, 0.05) is 18.3 Å². The number of hydrogen-bond donors (Lipinski definition) is 1. The van der Waals surface area contributed by atoms with Crippen LogP contribution in [0.2, 0.25) is 0 Å². The summed E-state index contributed by atoms with van der Waals surface area (Å²) in [6.07, 6.45) is 2.12. The van der Waals surface area contributed by atoms with Gasteiger partial charge in [-0.2, -0.15) is 0 Å². The largest absolute Gasteiger partial charge is 0.370 e. The van der Waals surface area contributed by atoms with Crippen LogP contribution in [0.25, 0.3) is 10.9 Å². The van der Waals surface area contributed by atoms with Crippen molar-refractivity contribution in [1.29, 1.82) is 0 Å². The second-order valence-electron chi connectivity index (χ2n) is 3.76. The second kappa shape index (κ2) is 4.58. The lowest BCUT2D eigenvalue weighted by atomic mass is 10.2. The highest BCUT2D eigenvalue weighted by molar-refractivity contribution is 5.86. The monoisotopic (exact) mass is 235 g/mol. The Balaban J connectivity index is 0.000000963. The first-order valence-corrected chi connectivity index (χ1v) is 5.24. The van der Waals surface area contributed by atoms with Crippen molar-refractivity contribution in [1.82, 2.24) is 9.88 Å². The first-order valence-electron chi connectivity index (χ1n) is 5.24. The molecule has 0 amide bonds. The molecule has 1 aromatic heterocycles. The molecule has 1 aliphatic heterocycles. The second-order valence-corrected chi connectivity index (χ2v) is 3.76. The van der Waals surface area contributed by atoms with Gasteiger partial charge in [-0.25, -0.2) is 0 Å². The summed E-state index contributed by atoms with van der Waals surface area (Å²) < 4.78 is 2.23. The number of hydrogen-bond acceptors (Lipinski definition) is 2. The maximum atomic E-state index is 4.40. The summed E-state index contributed by atoms with van der Waals surface area (Å²) in [6.45, 7) is 2.75. The van der Waals surface area contributed by atoms with Crippen LogP contribution in [0, 0.1) is 0 Å². The smallest absolute Gasteiger partial charge is 0.117 e. The molecule has 2 heterocycles. The SMILES string of the molecule is Cl.c1ccc2c(c1)ccn2CC1=NCCN1. The van der Waals surface area contributed by atoms with Crippen LogP contribution in [-0.4, -0.2) is 23.5 Å². The van der Waals surface area contributed by atoms with E-state index in [0.29, 0.717) is 0 Å². The van der Waals surface area contributed by atoms with Gasteiger partial charge in [0.2, 0.25) is 0 Å². The van der Waals surface area contributed by atoms with E-state index in [9.17, 15) is 0 Å². The van der Waals surface area contributed by atoms with Crippen molar-refractivity contribution in [2.75, 3.05) is 13.1 Å². The van der Waals surface area contributed by atoms with Gasteiger partial charge in [-0.3, -0.25) is 4.99 Å². The number of nitrogens with zero attached hydrogens (tertiary/aromatic N) is 2. The maximum absolute atomic E-state index is 4.40. The number of aliphatic imine (C=N–C) groups is 1. The minimum absolute atomic E-state index is 0. The normalized spacial score (nSPS) is 14.4. The third-order valence-corrected chi connectivity index (χ3v) is 2.74. The topological polar surface area (TPSA) is 29.3 Å². The summed E-state index contributed by atoms with van der Waals surface area (Å²) in [4.78, 5) is 4.40. The molecule has 2 aromatic rings. The van der Waals surface area contributed by atoms with E-state index in [1.165, 1.54) is 10.9 Å². The third kappa shape index (κ3) is 1.91. The van der Waals surface area contributed by atoms with E-state index in [2.05, 4.69) is 51.4 Å². The molecular weight excluding hydrogens is 222 g/mol. The van der Waals surface area contributed by atoms with Crippen LogP contribution in [0.5, 0.6) is 0 Å². The fraction of sp³-hybridized carbons (Fsp3) is 0.250. The van der Waals surface area contributed by atoms with Crippen molar-refractivity contribution in [3.63, 3.8) is 0 Å². The molecule has 0 saturated heterocycles. The predicted octanol–water partition coefficient (Wildman–Crippen LogP) is 2.06. The maximum Gasteiger partial charge on any atom is 0.117 e. The fourth-order valence-electron chi connectivity index (χ4n) is 1.99. The van der Waals surface area contributed by atoms with Crippen LogP contribution in [0.4, 0.5) is 0 Å². The number of fused-ring (bicyclic) bond motifs is 1. The minimum Gasteiger partial charge on any atom is -0.370 e. The van der Waals surface area contributed by atoms with Crippen molar-refractivity contribution in [2.24, 2.45) is 4.99 Å². The van der Waals surface area contributed by atoms with E-state index < -0.39 is 0 Å². The van der Waals surface area contributed by atoms with Gasteiger partial charge in [0.05, 0.1) is 13.1 Å². The standard InChI is InChI=1S/C12H13N3.ClH/c1-2-4-11-10(3-1)5-8-15(11)9-12-13-6-7-14-12;/h1-5,8H,6-7,9H2,(H,13,14);1H. The number of amidine groups is 1. The first-order chi connectivity index (χ1) is 7.43. The number of halogens is 1. The van der Waals surface area contributed by atoms with Gasteiger partial charge < -0.3 is 9.88 Å². The summed E-state index contributed by atoms with van der Waals surface area (Å²) in [7, 11) is 0. The van der Waals surface area contributed by atoms with Crippen LogP contribution in [0.1, 0.15) is 0 Å². The van der Waals surface area contributed by atoms with Crippen molar-refractivity contribution >= 4 is 29.1 Å². The molecular formula is C12H14ClN3. The lowest BCUT2D eigenvalue weighted by Gasteiger charge is -2.05. The molecule has 1 aliphatic rings. The molecule has 1 N–H and O–H groups in total. The Bertz CT molecular complexity index is 516. The Morgan fingerprint density at radius 1 is 1.25 bits per heavy atom. The summed E-state index contributed by atoms with van der Waals surface area (Å²) in [6, 6.07) is 10.6. The van der Waals surface area contributed by atoms with Gasteiger partial charge in [-0.15, -0.1) is 12.4 Å². The molecule has 4 heteroatoms. The summed E-state index contributed by atoms with van der Waals surface area (Å²) in [5.74, 6) is 1.09. The Morgan fingerprint density at radius 3 is 2.94 bits per heavy atom. The highest BCUT2D eigenvalue weighted by Gasteiger charge is 2.06. The predicted molar refractivity (Wildman–Crippen MR) is 69.5 cm³/mol. The van der Waals surface area contributed by atoms with Gasteiger partial charge in [0.15, 0.2) is 0 Å². The van der Waals surface area contributed by atoms with Crippen LogP contribution >= 0.6 is 12.4 Å². The zero-order chi connectivity index (χ0) is 10.1. The van der Waals surface area contributed by atoms with Crippen LogP contribution < -0.4 is 5.32 Å². The van der Waals surface area contributed by atoms with Gasteiger partial charge in [0.25, 0.3) is 0 Å². The van der Waals surface area contributed by atoms with E-state index in [0.717, 1.165) is 25.5 Å². The zero-order valence-electron chi connectivity index (χ0n) is 8.89. The number of rotatable bonds is 2. The average Bonchev–Trinajstić information content (AvgIpc) is 2.89. The van der Waals surface area contributed by atoms with Gasteiger partial charge in [0.1, 0.15) is 5.84 Å². The molecule has 0 unspecified atom stereocenters. The van der Waals surface area contributed by atoms with E-state index >= 15 is 0 Å². The number of benzene rings is 1. The van der Waals surface area contributed by atoms with Crippen LogP contribution in [0.3, 0.4) is 0 Å². The highest BCUT2D eigenvalue weighted by Crippen LogP contribution is 2.14. The van der Waals surface area contributed by atoms with Crippen molar-refractivity contribution in [3.05, 3.63) is 36.5 Å². The fourth-order valence-corrected chi connectivity index (χ4v) is 1.99. The number of para-hydroxylation sites is 1. The van der Waals surface area contributed by atoms with Crippen molar-refractivity contribution in [2.45, 2.75) is 6.54 Å². The quantitative estimate of drug-likeness (QED) is 0.849. The molecule has 0 bridgehead atoms. The summed E-state index contributed by atoms with van der Waals surface area (Å²) in [5.41, 5.74) is 1.27.